The molecule has 4 heterocycles. The van der Waals surface area contributed by atoms with E-state index in [9.17, 15) is 23.1 Å². The molecule has 9 nitrogen and oxygen atoms in total. The lowest BCUT2D eigenvalue weighted by Crippen LogP contribution is -2.45. The third-order valence-electron chi connectivity index (χ3n) is 7.59. The van der Waals surface area contributed by atoms with Crippen molar-refractivity contribution in [3.8, 4) is 5.69 Å². The smallest absolute Gasteiger partial charge is 0.393 e. The molecule has 196 valence electrons. The zero-order chi connectivity index (χ0) is 25.7. The molecule has 2 aliphatic heterocycles. The number of hydrogen-bond donors (Lipinski definition) is 2. The zero-order valence-corrected chi connectivity index (χ0v) is 20.2. The Morgan fingerprint density at radius 3 is 2.54 bits per heavy atom. The number of nitrogens with one attached hydrogen (secondary N) is 1. The summed E-state index contributed by atoms with van der Waals surface area (Å²) in [6, 6.07) is 5.24. The van der Waals surface area contributed by atoms with Crippen molar-refractivity contribution in [2.75, 3.05) is 29.9 Å². The summed E-state index contributed by atoms with van der Waals surface area (Å²) in [5, 5.41) is 18.0. The predicted octanol–water partition coefficient (Wildman–Crippen LogP) is 3.36. The molecule has 3 aromatic rings. The normalized spacial score (nSPS) is 23.1. The van der Waals surface area contributed by atoms with Crippen molar-refractivity contribution in [1.82, 2.24) is 24.6 Å². The number of carbonyl (C=O) groups is 1. The fourth-order valence-corrected chi connectivity index (χ4v) is 5.53. The monoisotopic (exact) mass is 515 g/mol. The van der Waals surface area contributed by atoms with E-state index in [0.717, 1.165) is 37.9 Å². The molecular weight excluding hydrogens is 487 g/mol. The van der Waals surface area contributed by atoms with E-state index in [4.69, 9.17) is 4.98 Å². The van der Waals surface area contributed by atoms with Crippen molar-refractivity contribution in [2.24, 2.45) is 0 Å². The molecule has 6 rings (SSSR count). The van der Waals surface area contributed by atoms with E-state index in [-0.39, 0.29) is 29.8 Å². The summed E-state index contributed by atoms with van der Waals surface area (Å²) in [5.41, 5.74) is -0.0995. The van der Waals surface area contributed by atoms with Gasteiger partial charge in [-0.15, -0.1) is 0 Å². The number of benzene rings is 1. The Morgan fingerprint density at radius 1 is 1.08 bits per heavy atom. The molecule has 3 aliphatic rings. The molecule has 1 amide bonds. The quantitative estimate of drug-likeness (QED) is 0.538. The number of alkyl halides is 3. The topological polar surface area (TPSA) is 99.4 Å². The Labute approximate surface area is 211 Å². The number of aromatic nitrogens is 4. The van der Waals surface area contributed by atoms with Crippen LogP contribution in [-0.2, 0) is 11.0 Å². The van der Waals surface area contributed by atoms with E-state index >= 15 is 0 Å². The van der Waals surface area contributed by atoms with E-state index in [1.165, 1.54) is 10.7 Å². The maximum Gasteiger partial charge on any atom is 0.416 e. The molecule has 2 aromatic heterocycles. The van der Waals surface area contributed by atoms with Crippen LogP contribution in [0.5, 0.6) is 0 Å². The number of hydrogen-bond acceptors (Lipinski definition) is 7. The van der Waals surface area contributed by atoms with Crippen molar-refractivity contribution in [1.29, 1.82) is 0 Å². The lowest BCUT2D eigenvalue weighted by Gasteiger charge is -2.37. The number of carbonyl (C=O) groups excluding carboxylic acids is 1. The highest BCUT2D eigenvalue weighted by atomic mass is 19.4. The Bertz CT molecular complexity index is 1310. The van der Waals surface area contributed by atoms with Gasteiger partial charge >= 0.3 is 6.18 Å². The maximum absolute atomic E-state index is 13.4. The number of halogens is 3. The van der Waals surface area contributed by atoms with Gasteiger partial charge in [-0.1, -0.05) is 6.07 Å². The first-order chi connectivity index (χ1) is 17.8. The van der Waals surface area contributed by atoms with Gasteiger partial charge in [-0.05, 0) is 50.3 Å². The second-order valence-electron chi connectivity index (χ2n) is 10.1. The predicted molar refractivity (Wildman–Crippen MR) is 130 cm³/mol. The number of amides is 1. The van der Waals surface area contributed by atoms with Crippen LogP contribution < -0.4 is 10.2 Å². The SMILES string of the molecule is O=C1CCCN1C1CCN(c2nc(N[C@H]3C[C@@H](O)C3)nc3c2cnn3-c2cccc(C(F)(F)F)c2)CC1. The first kappa shape index (κ1) is 24.0. The van der Waals surface area contributed by atoms with Gasteiger partial charge in [0, 0.05) is 38.1 Å². The van der Waals surface area contributed by atoms with Crippen LogP contribution in [0, 0.1) is 0 Å². The summed E-state index contributed by atoms with van der Waals surface area (Å²) in [4.78, 5) is 25.8. The van der Waals surface area contributed by atoms with Gasteiger partial charge in [0.25, 0.3) is 0 Å². The molecule has 0 unspecified atom stereocenters. The molecule has 1 aromatic carbocycles. The van der Waals surface area contributed by atoms with Gasteiger partial charge in [-0.25, -0.2) is 4.68 Å². The molecule has 0 bridgehead atoms. The van der Waals surface area contributed by atoms with E-state index in [1.807, 2.05) is 4.90 Å². The molecule has 0 radical (unpaired) electrons. The van der Waals surface area contributed by atoms with Gasteiger partial charge in [0.1, 0.15) is 5.82 Å². The van der Waals surface area contributed by atoms with Crippen LogP contribution in [0.25, 0.3) is 16.7 Å². The lowest BCUT2D eigenvalue weighted by atomic mass is 9.90. The van der Waals surface area contributed by atoms with Crippen molar-refractivity contribution < 1.29 is 23.1 Å². The van der Waals surface area contributed by atoms with E-state index in [1.54, 1.807) is 12.3 Å². The molecule has 12 heteroatoms. The van der Waals surface area contributed by atoms with Crippen molar-refractivity contribution >= 4 is 28.7 Å². The number of anilines is 2. The first-order valence-corrected chi connectivity index (χ1v) is 12.7. The van der Waals surface area contributed by atoms with E-state index < -0.39 is 11.7 Å². The highest BCUT2D eigenvalue weighted by Gasteiger charge is 2.33. The van der Waals surface area contributed by atoms with Gasteiger partial charge < -0.3 is 20.2 Å². The van der Waals surface area contributed by atoms with Crippen LogP contribution in [0.4, 0.5) is 24.9 Å². The number of likely N-dealkylation sites (tertiary alicyclic amines) is 1. The third-order valence-corrected chi connectivity index (χ3v) is 7.59. The summed E-state index contributed by atoms with van der Waals surface area (Å²) in [5.74, 6) is 1.24. The molecule has 1 saturated carbocycles. The summed E-state index contributed by atoms with van der Waals surface area (Å²) in [6.07, 6.45) is 1.09. The summed E-state index contributed by atoms with van der Waals surface area (Å²) >= 11 is 0. The molecule has 1 aliphatic carbocycles. The minimum Gasteiger partial charge on any atom is -0.393 e. The third kappa shape index (κ3) is 4.58. The molecule has 0 spiro atoms. The van der Waals surface area contributed by atoms with Crippen molar-refractivity contribution in [3.63, 3.8) is 0 Å². The minimum atomic E-state index is -4.47. The second-order valence-corrected chi connectivity index (χ2v) is 10.1. The number of aliphatic hydroxyl groups is 1. The summed E-state index contributed by atoms with van der Waals surface area (Å²) in [7, 11) is 0. The fraction of sp³-hybridized carbons (Fsp3) is 0.520. The van der Waals surface area contributed by atoms with Gasteiger partial charge in [-0.2, -0.15) is 28.2 Å². The molecule has 2 N–H and O–H groups in total. The van der Waals surface area contributed by atoms with Crippen LogP contribution >= 0.6 is 0 Å². The van der Waals surface area contributed by atoms with Crippen molar-refractivity contribution in [2.45, 2.75) is 62.9 Å². The van der Waals surface area contributed by atoms with Crippen LogP contribution in [0.3, 0.4) is 0 Å². The first-order valence-electron chi connectivity index (χ1n) is 12.7. The maximum atomic E-state index is 13.4. The molecule has 37 heavy (non-hydrogen) atoms. The average Bonchev–Trinajstić information content (AvgIpc) is 3.48. The molecular formula is C25H28F3N7O2. The van der Waals surface area contributed by atoms with E-state index in [0.29, 0.717) is 55.2 Å². The zero-order valence-electron chi connectivity index (χ0n) is 20.2. The van der Waals surface area contributed by atoms with Crippen LogP contribution in [-0.4, -0.2) is 73.5 Å². The summed E-state index contributed by atoms with van der Waals surface area (Å²) in [6.45, 7) is 2.19. The Morgan fingerprint density at radius 2 is 1.86 bits per heavy atom. The van der Waals surface area contributed by atoms with E-state index in [2.05, 4.69) is 20.3 Å². The van der Waals surface area contributed by atoms with Gasteiger partial charge in [-0.3, -0.25) is 4.79 Å². The fourth-order valence-electron chi connectivity index (χ4n) is 5.53. The Hall–Kier alpha value is -3.41. The van der Waals surface area contributed by atoms with Crippen LogP contribution in [0.1, 0.15) is 44.1 Å². The van der Waals surface area contributed by atoms with Gasteiger partial charge in [0.05, 0.1) is 28.9 Å². The molecule has 2 saturated heterocycles. The van der Waals surface area contributed by atoms with Crippen molar-refractivity contribution in [3.05, 3.63) is 36.0 Å². The highest BCUT2D eigenvalue weighted by molar-refractivity contribution is 5.89. The Kier molecular flexibility index (Phi) is 5.93. The molecule has 3 fully saturated rings. The largest absolute Gasteiger partial charge is 0.416 e. The lowest BCUT2D eigenvalue weighted by molar-refractivity contribution is -0.137. The minimum absolute atomic E-state index is 0.0251. The number of nitrogens with zero attached hydrogens (tertiary/aromatic N) is 6. The standard InChI is InChI=1S/C25H28F3N7O2/c26-25(27,28)15-3-1-4-18(11-15)35-23-20(14-29-35)22(31-24(32-23)30-16-12-19(36)13-16)33-9-6-17(7-10-33)34-8-2-5-21(34)37/h1,3-4,11,14,16-17,19,36H,2,5-10,12-13H2,(H,30,31,32)/t16-,19+. The molecule has 0 atom stereocenters. The Balaban J connectivity index is 1.34. The number of aliphatic hydroxyl groups excluding tert-OH is 1. The van der Waals surface area contributed by atoms with Gasteiger partial charge in [0.2, 0.25) is 11.9 Å². The number of piperidine rings is 1. The number of rotatable bonds is 5. The van der Waals surface area contributed by atoms with Crippen LogP contribution in [0.15, 0.2) is 30.5 Å². The second kappa shape index (κ2) is 9.16. The number of fused-ring (bicyclic) bond motifs is 1. The average molecular weight is 516 g/mol. The summed E-state index contributed by atoms with van der Waals surface area (Å²) < 4.78 is 41.5. The van der Waals surface area contributed by atoms with Gasteiger partial charge in [0.15, 0.2) is 5.65 Å². The highest BCUT2D eigenvalue weighted by Crippen LogP contribution is 2.34. The van der Waals surface area contributed by atoms with Crippen LogP contribution in [0.2, 0.25) is 0 Å².